The molecule has 0 saturated carbocycles. The van der Waals surface area contributed by atoms with Gasteiger partial charge in [0.2, 0.25) is 0 Å². The highest BCUT2D eigenvalue weighted by atomic mass is 32.1. The molecule has 0 aliphatic carbocycles. The monoisotopic (exact) mass is 230 g/mol. The van der Waals surface area contributed by atoms with Gasteiger partial charge in [-0.15, -0.1) is 0 Å². The average molecular weight is 230 g/mol. The molecule has 0 bridgehead atoms. The van der Waals surface area contributed by atoms with E-state index in [2.05, 4.69) is 9.36 Å². The zero-order valence-electron chi connectivity index (χ0n) is 7.32. The highest BCUT2D eigenvalue weighted by molar-refractivity contribution is 7.09. The lowest BCUT2D eigenvalue weighted by Gasteiger charge is -2.05. The quantitative estimate of drug-likeness (QED) is 0.751. The third-order valence-corrected chi connectivity index (χ3v) is 2.53. The van der Waals surface area contributed by atoms with Crippen LogP contribution in [0.1, 0.15) is 5.56 Å². The van der Waals surface area contributed by atoms with Crippen molar-refractivity contribution in [2.75, 3.05) is 0 Å². The van der Waals surface area contributed by atoms with Gasteiger partial charge in [-0.2, -0.15) is 17.5 Å². The lowest BCUT2D eigenvalue weighted by molar-refractivity contribution is -0.137. The van der Waals surface area contributed by atoms with Crippen molar-refractivity contribution in [1.29, 1.82) is 0 Å². The van der Waals surface area contributed by atoms with Crippen LogP contribution in [0.15, 0.2) is 30.6 Å². The summed E-state index contributed by atoms with van der Waals surface area (Å²) in [5, 5.41) is 0.615. The molecule has 1 aromatic carbocycles. The van der Waals surface area contributed by atoms with Gasteiger partial charge in [0.05, 0.1) is 5.56 Å². The minimum Gasteiger partial charge on any atom is -0.223 e. The number of rotatable bonds is 1. The van der Waals surface area contributed by atoms with Gasteiger partial charge in [0.1, 0.15) is 11.3 Å². The standard InChI is InChI=1S/C9H5F3N2S/c10-9(11,12)7-3-1-6(2-4-7)8-13-5-14-15-8/h1-5H. The topological polar surface area (TPSA) is 25.8 Å². The zero-order valence-corrected chi connectivity index (χ0v) is 8.14. The van der Waals surface area contributed by atoms with Crippen molar-refractivity contribution in [2.24, 2.45) is 0 Å². The Morgan fingerprint density at radius 2 is 1.73 bits per heavy atom. The summed E-state index contributed by atoms with van der Waals surface area (Å²) in [5.74, 6) is 0. The molecule has 0 atom stereocenters. The fourth-order valence-electron chi connectivity index (χ4n) is 1.10. The molecule has 0 fully saturated rings. The van der Waals surface area contributed by atoms with E-state index in [1.54, 1.807) is 0 Å². The number of aromatic nitrogens is 2. The summed E-state index contributed by atoms with van der Waals surface area (Å²) in [5.41, 5.74) is -0.0127. The SMILES string of the molecule is FC(F)(F)c1ccc(-c2ncns2)cc1. The molecule has 78 valence electrons. The van der Waals surface area contributed by atoms with E-state index in [1.807, 2.05) is 0 Å². The maximum Gasteiger partial charge on any atom is 0.416 e. The van der Waals surface area contributed by atoms with Gasteiger partial charge in [-0.25, -0.2) is 4.98 Å². The lowest BCUT2D eigenvalue weighted by Crippen LogP contribution is -2.03. The molecule has 0 saturated heterocycles. The molecule has 15 heavy (non-hydrogen) atoms. The van der Waals surface area contributed by atoms with Crippen LogP contribution < -0.4 is 0 Å². The Morgan fingerprint density at radius 1 is 1.07 bits per heavy atom. The first-order chi connectivity index (χ1) is 7.07. The Morgan fingerprint density at radius 3 is 2.20 bits per heavy atom. The molecule has 0 aliphatic rings. The van der Waals surface area contributed by atoms with Crippen LogP contribution in [-0.4, -0.2) is 9.36 Å². The molecule has 0 N–H and O–H groups in total. The van der Waals surface area contributed by atoms with Crippen molar-refractivity contribution in [3.63, 3.8) is 0 Å². The summed E-state index contributed by atoms with van der Waals surface area (Å²) in [6.07, 6.45) is -2.92. The summed E-state index contributed by atoms with van der Waals surface area (Å²) in [6, 6.07) is 4.86. The molecule has 0 unspecified atom stereocenters. The molecule has 0 spiro atoms. The molecule has 2 rings (SSSR count). The van der Waals surface area contributed by atoms with E-state index in [1.165, 1.54) is 18.5 Å². The molecule has 2 aromatic rings. The molecular formula is C9H5F3N2S. The van der Waals surface area contributed by atoms with E-state index in [-0.39, 0.29) is 0 Å². The number of benzene rings is 1. The van der Waals surface area contributed by atoms with Crippen molar-refractivity contribution in [2.45, 2.75) is 6.18 Å². The first-order valence-corrected chi connectivity index (χ1v) is 4.79. The van der Waals surface area contributed by atoms with Crippen molar-refractivity contribution in [3.8, 4) is 10.6 Å². The fourth-order valence-corrected chi connectivity index (χ4v) is 1.63. The van der Waals surface area contributed by atoms with Gasteiger partial charge in [0, 0.05) is 5.56 Å². The van der Waals surface area contributed by atoms with Gasteiger partial charge in [-0.1, -0.05) is 12.1 Å². The van der Waals surface area contributed by atoms with Crippen LogP contribution in [0.4, 0.5) is 13.2 Å². The number of halogens is 3. The molecule has 0 aliphatic heterocycles. The van der Waals surface area contributed by atoms with Gasteiger partial charge >= 0.3 is 6.18 Å². The van der Waals surface area contributed by atoms with Crippen molar-refractivity contribution in [1.82, 2.24) is 9.36 Å². The van der Waals surface area contributed by atoms with Gasteiger partial charge in [0.15, 0.2) is 0 Å². The summed E-state index contributed by atoms with van der Waals surface area (Å²) in [6.45, 7) is 0. The van der Waals surface area contributed by atoms with Crippen LogP contribution in [-0.2, 0) is 6.18 Å². The second kappa shape index (κ2) is 3.62. The minimum absolute atomic E-state index is 0.615. The normalized spacial score (nSPS) is 11.7. The van der Waals surface area contributed by atoms with Gasteiger partial charge in [-0.05, 0) is 23.7 Å². The van der Waals surface area contributed by atoms with Crippen LogP contribution in [0.5, 0.6) is 0 Å². The maximum atomic E-state index is 12.2. The number of hydrogen-bond donors (Lipinski definition) is 0. The highest BCUT2D eigenvalue weighted by Gasteiger charge is 2.29. The average Bonchev–Trinajstić information content (AvgIpc) is 2.69. The van der Waals surface area contributed by atoms with E-state index in [0.717, 1.165) is 23.7 Å². The third-order valence-electron chi connectivity index (χ3n) is 1.82. The summed E-state index contributed by atoms with van der Waals surface area (Å²) < 4.78 is 40.5. The van der Waals surface area contributed by atoms with Gasteiger partial charge < -0.3 is 0 Å². The Labute approximate surface area is 87.6 Å². The predicted molar refractivity (Wildman–Crippen MR) is 50.3 cm³/mol. The van der Waals surface area contributed by atoms with Crippen LogP contribution >= 0.6 is 11.5 Å². The van der Waals surface area contributed by atoms with E-state index < -0.39 is 11.7 Å². The summed E-state index contributed by atoms with van der Waals surface area (Å²) >= 11 is 1.15. The highest BCUT2D eigenvalue weighted by Crippen LogP contribution is 2.30. The van der Waals surface area contributed by atoms with E-state index >= 15 is 0 Å². The molecule has 1 aromatic heterocycles. The first-order valence-electron chi connectivity index (χ1n) is 4.02. The van der Waals surface area contributed by atoms with E-state index in [9.17, 15) is 13.2 Å². The van der Waals surface area contributed by atoms with Gasteiger partial charge in [0.25, 0.3) is 0 Å². The minimum atomic E-state index is -4.29. The zero-order chi connectivity index (χ0) is 10.9. The summed E-state index contributed by atoms with van der Waals surface area (Å²) in [4.78, 5) is 3.90. The fraction of sp³-hybridized carbons (Fsp3) is 0.111. The van der Waals surface area contributed by atoms with Crippen LogP contribution in [0.2, 0.25) is 0 Å². The van der Waals surface area contributed by atoms with E-state index in [0.29, 0.717) is 10.6 Å². The summed E-state index contributed by atoms with van der Waals surface area (Å²) in [7, 11) is 0. The van der Waals surface area contributed by atoms with Crippen LogP contribution in [0.25, 0.3) is 10.6 Å². The predicted octanol–water partition coefficient (Wildman–Crippen LogP) is 3.22. The number of nitrogens with zero attached hydrogens (tertiary/aromatic N) is 2. The van der Waals surface area contributed by atoms with Crippen molar-refractivity contribution in [3.05, 3.63) is 36.2 Å². The molecule has 2 nitrogen and oxygen atoms in total. The van der Waals surface area contributed by atoms with Gasteiger partial charge in [-0.3, -0.25) is 0 Å². The largest absolute Gasteiger partial charge is 0.416 e. The third kappa shape index (κ3) is 2.15. The Kier molecular flexibility index (Phi) is 2.44. The molecule has 0 amide bonds. The molecule has 0 radical (unpaired) electrons. The number of alkyl halides is 3. The van der Waals surface area contributed by atoms with Crippen LogP contribution in [0.3, 0.4) is 0 Å². The van der Waals surface area contributed by atoms with Crippen LogP contribution in [0, 0.1) is 0 Å². The second-order valence-electron chi connectivity index (χ2n) is 2.82. The molecular weight excluding hydrogens is 225 g/mol. The second-order valence-corrected chi connectivity index (χ2v) is 3.60. The van der Waals surface area contributed by atoms with E-state index in [4.69, 9.17) is 0 Å². The number of hydrogen-bond acceptors (Lipinski definition) is 3. The molecule has 1 heterocycles. The molecule has 6 heteroatoms. The lowest BCUT2D eigenvalue weighted by atomic mass is 10.1. The Hall–Kier alpha value is -1.43. The maximum absolute atomic E-state index is 12.2. The Balaban J connectivity index is 2.33. The first kappa shape index (κ1) is 10.1. The van der Waals surface area contributed by atoms with Crippen molar-refractivity contribution >= 4 is 11.5 Å². The smallest absolute Gasteiger partial charge is 0.223 e. The Bertz CT molecular complexity index is 433. The van der Waals surface area contributed by atoms with Crippen molar-refractivity contribution < 1.29 is 13.2 Å².